The lowest BCUT2D eigenvalue weighted by atomic mass is 10.1. The number of nitrogens with zero attached hydrogens (tertiary/aromatic N) is 1. The molecule has 0 aliphatic heterocycles. The van der Waals surface area contributed by atoms with Crippen LogP contribution >= 0.6 is 11.3 Å². The second-order valence-electron chi connectivity index (χ2n) is 3.52. The van der Waals surface area contributed by atoms with E-state index in [1.807, 2.05) is 0 Å². The summed E-state index contributed by atoms with van der Waals surface area (Å²) in [6.45, 7) is 0.165. The van der Waals surface area contributed by atoms with E-state index in [0.717, 1.165) is 0 Å². The van der Waals surface area contributed by atoms with Crippen LogP contribution in [0.25, 0.3) is 0 Å². The van der Waals surface area contributed by atoms with Gasteiger partial charge in [-0.3, -0.25) is 9.78 Å². The standard InChI is InChI=1S/C13H10FN3OS/c14-10-3-4-11(9(6-10)2-1-5-15)17-13(18)12-7-16-8-19-12/h3-4,6-8H,5,15H2,(H,17,18). The van der Waals surface area contributed by atoms with Gasteiger partial charge < -0.3 is 11.1 Å². The third kappa shape index (κ3) is 3.37. The van der Waals surface area contributed by atoms with Gasteiger partial charge in [-0.25, -0.2) is 4.39 Å². The van der Waals surface area contributed by atoms with E-state index in [4.69, 9.17) is 5.73 Å². The molecule has 2 rings (SSSR count). The van der Waals surface area contributed by atoms with Crippen LogP contribution in [-0.4, -0.2) is 17.4 Å². The van der Waals surface area contributed by atoms with Gasteiger partial charge in [0.1, 0.15) is 10.7 Å². The molecule has 0 aliphatic rings. The number of anilines is 1. The minimum absolute atomic E-state index is 0.165. The molecule has 1 amide bonds. The van der Waals surface area contributed by atoms with Crippen molar-refractivity contribution in [2.75, 3.05) is 11.9 Å². The van der Waals surface area contributed by atoms with E-state index in [1.165, 1.54) is 35.7 Å². The van der Waals surface area contributed by atoms with Crippen molar-refractivity contribution in [2.24, 2.45) is 5.73 Å². The van der Waals surface area contributed by atoms with Gasteiger partial charge in [0.25, 0.3) is 5.91 Å². The fourth-order valence-electron chi connectivity index (χ4n) is 1.39. The summed E-state index contributed by atoms with van der Waals surface area (Å²) >= 11 is 1.22. The second kappa shape index (κ2) is 6.09. The van der Waals surface area contributed by atoms with Crippen molar-refractivity contribution in [1.29, 1.82) is 0 Å². The highest BCUT2D eigenvalue weighted by atomic mass is 32.1. The molecule has 3 N–H and O–H groups in total. The van der Waals surface area contributed by atoms with E-state index >= 15 is 0 Å². The molecular weight excluding hydrogens is 265 g/mol. The SMILES string of the molecule is NCC#Cc1cc(F)ccc1NC(=O)c1cncs1. The molecule has 0 bridgehead atoms. The number of thiazole rings is 1. The Morgan fingerprint density at radius 1 is 1.53 bits per heavy atom. The van der Waals surface area contributed by atoms with Gasteiger partial charge in [0.15, 0.2) is 0 Å². The maximum Gasteiger partial charge on any atom is 0.267 e. The molecule has 1 heterocycles. The van der Waals surface area contributed by atoms with Crippen molar-refractivity contribution < 1.29 is 9.18 Å². The Morgan fingerprint density at radius 3 is 3.05 bits per heavy atom. The number of rotatable bonds is 2. The predicted molar refractivity (Wildman–Crippen MR) is 72.4 cm³/mol. The third-order valence-corrected chi connectivity index (χ3v) is 2.98. The molecule has 1 aromatic carbocycles. The number of benzene rings is 1. The first-order valence-corrected chi connectivity index (χ1v) is 6.27. The van der Waals surface area contributed by atoms with Gasteiger partial charge in [0.05, 0.1) is 29.5 Å². The van der Waals surface area contributed by atoms with E-state index in [0.29, 0.717) is 16.1 Å². The number of hydrogen-bond acceptors (Lipinski definition) is 4. The van der Waals surface area contributed by atoms with Crippen LogP contribution in [0, 0.1) is 17.7 Å². The fraction of sp³-hybridized carbons (Fsp3) is 0.0769. The van der Waals surface area contributed by atoms with Gasteiger partial charge in [-0.1, -0.05) is 11.8 Å². The lowest BCUT2D eigenvalue weighted by Gasteiger charge is -2.06. The Kier molecular flexibility index (Phi) is 4.23. The first-order valence-electron chi connectivity index (χ1n) is 5.39. The predicted octanol–water partition coefficient (Wildman–Crippen LogP) is 1.84. The Hall–Kier alpha value is -2.23. The third-order valence-electron chi connectivity index (χ3n) is 2.21. The molecule has 1 aromatic heterocycles. The molecule has 96 valence electrons. The summed E-state index contributed by atoms with van der Waals surface area (Å²) in [5.41, 5.74) is 7.68. The van der Waals surface area contributed by atoms with Crippen LogP contribution in [0.15, 0.2) is 29.9 Å². The lowest BCUT2D eigenvalue weighted by molar-refractivity contribution is 0.103. The van der Waals surface area contributed by atoms with Crippen LogP contribution in [0.1, 0.15) is 15.2 Å². The number of nitrogens with one attached hydrogen (secondary N) is 1. The van der Waals surface area contributed by atoms with Crippen molar-refractivity contribution in [3.05, 3.63) is 46.2 Å². The van der Waals surface area contributed by atoms with Crippen molar-refractivity contribution in [1.82, 2.24) is 4.98 Å². The Bertz CT molecular complexity index is 644. The molecule has 0 radical (unpaired) electrons. The molecule has 19 heavy (non-hydrogen) atoms. The van der Waals surface area contributed by atoms with E-state index in [9.17, 15) is 9.18 Å². The monoisotopic (exact) mass is 275 g/mol. The minimum atomic E-state index is -0.419. The maximum absolute atomic E-state index is 13.2. The largest absolute Gasteiger partial charge is 0.320 e. The van der Waals surface area contributed by atoms with Crippen molar-refractivity contribution in [2.45, 2.75) is 0 Å². The Morgan fingerprint density at radius 2 is 2.37 bits per heavy atom. The number of carbonyl (C=O) groups is 1. The van der Waals surface area contributed by atoms with E-state index in [-0.39, 0.29) is 12.5 Å². The first kappa shape index (κ1) is 13.2. The topological polar surface area (TPSA) is 68.0 Å². The van der Waals surface area contributed by atoms with Gasteiger partial charge in [0, 0.05) is 0 Å². The zero-order chi connectivity index (χ0) is 13.7. The molecule has 2 aromatic rings. The zero-order valence-electron chi connectivity index (χ0n) is 9.81. The summed E-state index contributed by atoms with van der Waals surface area (Å²) in [5.74, 6) is 4.63. The summed E-state index contributed by atoms with van der Waals surface area (Å²) in [4.78, 5) is 16.2. The number of carbonyl (C=O) groups excluding carboxylic acids is 1. The fourth-order valence-corrected chi connectivity index (χ4v) is 1.90. The maximum atomic E-state index is 13.2. The van der Waals surface area contributed by atoms with Crippen LogP contribution in [0.5, 0.6) is 0 Å². The van der Waals surface area contributed by atoms with Crippen LogP contribution in [0.3, 0.4) is 0 Å². The molecule has 0 unspecified atom stereocenters. The Balaban J connectivity index is 2.27. The summed E-state index contributed by atoms with van der Waals surface area (Å²) in [5, 5.41) is 2.67. The number of halogens is 1. The molecule has 0 spiro atoms. The number of amides is 1. The van der Waals surface area contributed by atoms with Crippen LogP contribution < -0.4 is 11.1 Å². The van der Waals surface area contributed by atoms with Crippen LogP contribution in [0.4, 0.5) is 10.1 Å². The van der Waals surface area contributed by atoms with Crippen LogP contribution in [-0.2, 0) is 0 Å². The summed E-state index contributed by atoms with van der Waals surface area (Å²) in [6, 6.07) is 3.98. The minimum Gasteiger partial charge on any atom is -0.320 e. The van der Waals surface area contributed by atoms with Crippen molar-refractivity contribution in [3.63, 3.8) is 0 Å². The van der Waals surface area contributed by atoms with Gasteiger partial charge in [0.2, 0.25) is 0 Å². The average Bonchev–Trinajstić information content (AvgIpc) is 2.93. The molecule has 0 fully saturated rings. The molecule has 0 saturated carbocycles. The molecule has 4 nitrogen and oxygen atoms in total. The number of hydrogen-bond donors (Lipinski definition) is 2. The highest BCUT2D eigenvalue weighted by molar-refractivity contribution is 7.11. The average molecular weight is 275 g/mol. The number of aromatic nitrogens is 1. The zero-order valence-corrected chi connectivity index (χ0v) is 10.6. The molecule has 6 heteroatoms. The summed E-state index contributed by atoms with van der Waals surface area (Å²) in [7, 11) is 0. The van der Waals surface area contributed by atoms with Gasteiger partial charge >= 0.3 is 0 Å². The van der Waals surface area contributed by atoms with Gasteiger partial charge in [-0.2, -0.15) is 0 Å². The Labute approximate surface area is 113 Å². The molecule has 0 aliphatic carbocycles. The first-order chi connectivity index (χ1) is 9.20. The molecule has 0 saturated heterocycles. The summed E-state index contributed by atoms with van der Waals surface area (Å²) in [6.07, 6.45) is 1.47. The van der Waals surface area contributed by atoms with Crippen molar-refractivity contribution >= 4 is 22.9 Å². The van der Waals surface area contributed by atoms with E-state index in [1.54, 1.807) is 5.51 Å². The van der Waals surface area contributed by atoms with Crippen molar-refractivity contribution in [3.8, 4) is 11.8 Å². The molecule has 0 atom stereocenters. The van der Waals surface area contributed by atoms with Crippen LogP contribution in [0.2, 0.25) is 0 Å². The lowest BCUT2D eigenvalue weighted by Crippen LogP contribution is -2.11. The normalized spacial score (nSPS) is 9.58. The summed E-state index contributed by atoms with van der Waals surface area (Å²) < 4.78 is 13.2. The van der Waals surface area contributed by atoms with E-state index in [2.05, 4.69) is 22.1 Å². The second-order valence-corrected chi connectivity index (χ2v) is 4.40. The van der Waals surface area contributed by atoms with Gasteiger partial charge in [-0.05, 0) is 18.2 Å². The van der Waals surface area contributed by atoms with E-state index < -0.39 is 5.82 Å². The van der Waals surface area contributed by atoms with Gasteiger partial charge in [-0.15, -0.1) is 11.3 Å². The number of nitrogens with two attached hydrogens (primary N) is 1. The highest BCUT2D eigenvalue weighted by Crippen LogP contribution is 2.18. The quantitative estimate of drug-likeness (QED) is 0.822. The highest BCUT2D eigenvalue weighted by Gasteiger charge is 2.10. The molecular formula is C13H10FN3OS. The smallest absolute Gasteiger partial charge is 0.267 e.